The van der Waals surface area contributed by atoms with E-state index in [0.29, 0.717) is 5.56 Å². The molecule has 0 spiro atoms. The van der Waals surface area contributed by atoms with E-state index >= 15 is 0 Å². The third kappa shape index (κ3) is 3.64. The SMILES string of the molecule is CCC(O)(c1ccc(C(C)(C)C)cc1)C(C(=O)OC)C(F)F. The Morgan fingerprint density at radius 3 is 1.95 bits per heavy atom. The highest BCUT2D eigenvalue weighted by molar-refractivity contribution is 5.74. The fourth-order valence-electron chi connectivity index (χ4n) is 2.50. The number of benzene rings is 1. The molecule has 0 saturated carbocycles. The number of carbonyl (C=O) groups excluding carboxylic acids is 1. The zero-order valence-electron chi connectivity index (χ0n) is 13.7. The molecule has 1 N–H and O–H groups in total. The van der Waals surface area contributed by atoms with Crippen molar-refractivity contribution in [1.82, 2.24) is 0 Å². The van der Waals surface area contributed by atoms with E-state index in [0.717, 1.165) is 12.7 Å². The molecule has 0 heterocycles. The van der Waals surface area contributed by atoms with Gasteiger partial charge in [-0.05, 0) is 23.0 Å². The van der Waals surface area contributed by atoms with Crippen LogP contribution in [0.25, 0.3) is 0 Å². The minimum atomic E-state index is -3.01. The quantitative estimate of drug-likeness (QED) is 0.844. The molecule has 22 heavy (non-hydrogen) atoms. The Bertz CT molecular complexity index is 506. The molecule has 0 radical (unpaired) electrons. The summed E-state index contributed by atoms with van der Waals surface area (Å²) in [4.78, 5) is 11.7. The second-order valence-corrected chi connectivity index (χ2v) is 6.44. The number of esters is 1. The summed E-state index contributed by atoms with van der Waals surface area (Å²) in [5, 5.41) is 10.7. The van der Waals surface area contributed by atoms with Gasteiger partial charge in [0, 0.05) is 0 Å². The van der Waals surface area contributed by atoms with Crippen LogP contribution in [0.5, 0.6) is 0 Å². The molecule has 0 aliphatic heterocycles. The average Bonchev–Trinajstić information content (AvgIpc) is 2.45. The van der Waals surface area contributed by atoms with Crippen molar-refractivity contribution in [3.8, 4) is 0 Å². The Morgan fingerprint density at radius 2 is 1.64 bits per heavy atom. The van der Waals surface area contributed by atoms with Gasteiger partial charge in [-0.3, -0.25) is 4.79 Å². The lowest BCUT2D eigenvalue weighted by Gasteiger charge is -2.34. The zero-order valence-corrected chi connectivity index (χ0v) is 13.7. The molecule has 3 nitrogen and oxygen atoms in total. The lowest BCUT2D eigenvalue weighted by molar-refractivity contribution is -0.170. The number of hydrogen-bond donors (Lipinski definition) is 1. The maximum atomic E-state index is 13.3. The van der Waals surface area contributed by atoms with Crippen LogP contribution in [0, 0.1) is 5.92 Å². The van der Waals surface area contributed by atoms with Gasteiger partial charge >= 0.3 is 5.97 Å². The topological polar surface area (TPSA) is 46.5 Å². The highest BCUT2D eigenvalue weighted by atomic mass is 19.3. The first-order valence-electron chi connectivity index (χ1n) is 7.27. The Morgan fingerprint density at radius 1 is 1.18 bits per heavy atom. The molecule has 0 saturated heterocycles. The van der Waals surface area contributed by atoms with Gasteiger partial charge in [-0.25, -0.2) is 8.78 Å². The van der Waals surface area contributed by atoms with Gasteiger partial charge < -0.3 is 9.84 Å². The van der Waals surface area contributed by atoms with E-state index in [-0.39, 0.29) is 11.8 Å². The van der Waals surface area contributed by atoms with E-state index in [1.165, 1.54) is 0 Å². The largest absolute Gasteiger partial charge is 0.469 e. The van der Waals surface area contributed by atoms with E-state index in [1.807, 2.05) is 20.8 Å². The van der Waals surface area contributed by atoms with Crippen LogP contribution in [-0.2, 0) is 20.5 Å². The number of carbonyl (C=O) groups is 1. The van der Waals surface area contributed by atoms with Crippen molar-refractivity contribution in [2.45, 2.75) is 51.6 Å². The van der Waals surface area contributed by atoms with Gasteiger partial charge in [-0.1, -0.05) is 52.0 Å². The summed E-state index contributed by atoms with van der Waals surface area (Å²) >= 11 is 0. The monoisotopic (exact) mass is 314 g/mol. The molecular weight excluding hydrogens is 290 g/mol. The van der Waals surface area contributed by atoms with Crippen molar-refractivity contribution in [3.05, 3.63) is 35.4 Å². The van der Waals surface area contributed by atoms with Crippen LogP contribution in [0.3, 0.4) is 0 Å². The molecule has 1 rings (SSSR count). The van der Waals surface area contributed by atoms with Gasteiger partial charge in [0.15, 0.2) is 5.92 Å². The third-order valence-corrected chi connectivity index (χ3v) is 4.01. The summed E-state index contributed by atoms with van der Waals surface area (Å²) in [6.07, 6.45) is -3.04. The summed E-state index contributed by atoms with van der Waals surface area (Å²) in [6.45, 7) is 7.66. The van der Waals surface area contributed by atoms with Crippen LogP contribution in [0.2, 0.25) is 0 Å². The number of hydrogen-bond acceptors (Lipinski definition) is 3. The number of alkyl halides is 2. The van der Waals surface area contributed by atoms with Crippen LogP contribution < -0.4 is 0 Å². The Balaban J connectivity index is 3.30. The minimum absolute atomic E-state index is 0.0219. The minimum Gasteiger partial charge on any atom is -0.469 e. The van der Waals surface area contributed by atoms with Crippen LogP contribution in [0.1, 0.15) is 45.2 Å². The number of rotatable bonds is 5. The van der Waals surface area contributed by atoms with E-state index in [9.17, 15) is 18.7 Å². The molecule has 0 fully saturated rings. The predicted octanol–water partition coefficient (Wildman–Crippen LogP) is 3.64. The highest BCUT2D eigenvalue weighted by Crippen LogP contribution is 2.38. The standard InChI is InChI=1S/C17H24F2O3/c1-6-17(21,13(14(18)19)15(20)22-5)12-9-7-11(8-10-12)16(2,3)4/h7-10,13-14,21H,6H2,1-5H3. The van der Waals surface area contributed by atoms with Gasteiger partial charge in [0.1, 0.15) is 5.60 Å². The van der Waals surface area contributed by atoms with E-state index < -0.39 is 23.9 Å². The molecule has 124 valence electrons. The number of ether oxygens (including phenoxy) is 1. The van der Waals surface area contributed by atoms with Crippen LogP contribution in [-0.4, -0.2) is 24.6 Å². The van der Waals surface area contributed by atoms with E-state index in [2.05, 4.69) is 4.74 Å². The van der Waals surface area contributed by atoms with Gasteiger partial charge in [-0.15, -0.1) is 0 Å². The van der Waals surface area contributed by atoms with Crippen LogP contribution >= 0.6 is 0 Å². The molecule has 2 atom stereocenters. The summed E-state index contributed by atoms with van der Waals surface area (Å²) in [7, 11) is 1.04. The Labute approximate surface area is 130 Å². The van der Waals surface area contributed by atoms with Crippen molar-refractivity contribution in [2.24, 2.45) is 5.92 Å². The van der Waals surface area contributed by atoms with Crippen molar-refractivity contribution >= 4 is 5.97 Å². The van der Waals surface area contributed by atoms with Crippen molar-refractivity contribution in [2.75, 3.05) is 7.11 Å². The molecule has 0 amide bonds. The summed E-state index contributed by atoms with van der Waals surface area (Å²) in [5.74, 6) is -3.03. The Kier molecular flexibility index (Phi) is 5.68. The molecule has 0 aliphatic rings. The molecule has 0 aromatic heterocycles. The zero-order chi connectivity index (χ0) is 17.1. The second-order valence-electron chi connectivity index (χ2n) is 6.44. The van der Waals surface area contributed by atoms with E-state index in [4.69, 9.17) is 0 Å². The molecule has 1 aromatic carbocycles. The Hall–Kier alpha value is -1.49. The smallest absolute Gasteiger partial charge is 0.317 e. The summed E-state index contributed by atoms with van der Waals surface area (Å²) < 4.78 is 31.1. The summed E-state index contributed by atoms with van der Waals surface area (Å²) in [6, 6.07) is 6.77. The average molecular weight is 314 g/mol. The number of aliphatic hydroxyl groups is 1. The van der Waals surface area contributed by atoms with Crippen molar-refractivity contribution in [1.29, 1.82) is 0 Å². The molecule has 0 aliphatic carbocycles. The summed E-state index contributed by atoms with van der Waals surface area (Å²) in [5.41, 5.74) is -0.745. The lowest BCUT2D eigenvalue weighted by Crippen LogP contribution is -2.44. The molecular formula is C17H24F2O3. The predicted molar refractivity (Wildman–Crippen MR) is 80.8 cm³/mol. The maximum absolute atomic E-state index is 13.3. The maximum Gasteiger partial charge on any atom is 0.317 e. The molecule has 5 heteroatoms. The molecule has 2 unspecified atom stereocenters. The highest BCUT2D eigenvalue weighted by Gasteiger charge is 2.48. The van der Waals surface area contributed by atoms with Crippen LogP contribution in [0.15, 0.2) is 24.3 Å². The van der Waals surface area contributed by atoms with Gasteiger partial charge in [0.25, 0.3) is 6.43 Å². The third-order valence-electron chi connectivity index (χ3n) is 4.01. The van der Waals surface area contributed by atoms with Gasteiger partial charge in [0.05, 0.1) is 7.11 Å². The van der Waals surface area contributed by atoms with Gasteiger partial charge in [0.2, 0.25) is 0 Å². The molecule has 1 aromatic rings. The number of methoxy groups -OCH3 is 1. The fourth-order valence-corrected chi connectivity index (χ4v) is 2.50. The second kappa shape index (κ2) is 6.73. The van der Waals surface area contributed by atoms with Gasteiger partial charge in [-0.2, -0.15) is 0 Å². The fraction of sp³-hybridized carbons (Fsp3) is 0.588. The molecule has 0 bridgehead atoms. The van der Waals surface area contributed by atoms with Crippen LogP contribution in [0.4, 0.5) is 8.78 Å². The van der Waals surface area contributed by atoms with Crippen molar-refractivity contribution < 1.29 is 23.4 Å². The normalized spacial score (nSPS) is 16.2. The number of halogens is 2. The van der Waals surface area contributed by atoms with E-state index in [1.54, 1.807) is 31.2 Å². The van der Waals surface area contributed by atoms with Crippen molar-refractivity contribution in [3.63, 3.8) is 0 Å². The first-order valence-corrected chi connectivity index (χ1v) is 7.27. The lowest BCUT2D eigenvalue weighted by atomic mass is 9.77. The first kappa shape index (κ1) is 18.6. The first-order chi connectivity index (χ1) is 10.1.